The maximum Gasteiger partial charge on any atom is 0.277 e. The van der Waals surface area contributed by atoms with Crippen LogP contribution in [0.15, 0.2) is 76.2 Å². The molecule has 0 spiro atoms. The molecule has 2 heterocycles. The minimum atomic E-state index is -0.599. The number of benzene rings is 2. The first-order chi connectivity index (χ1) is 12.6. The zero-order valence-electron chi connectivity index (χ0n) is 14.5. The van der Waals surface area contributed by atoms with Crippen LogP contribution in [0.5, 0.6) is 0 Å². The van der Waals surface area contributed by atoms with Crippen molar-refractivity contribution in [3.05, 3.63) is 83.8 Å². The van der Waals surface area contributed by atoms with Crippen molar-refractivity contribution < 1.29 is 13.9 Å². The van der Waals surface area contributed by atoms with Crippen LogP contribution < -0.4 is 0 Å². The SMILES string of the molecule is CC(=O)N1N=C(c2ccc(C)o2)O[C@@H]1c1ccc(-c2ccccc2)cc1. The van der Waals surface area contributed by atoms with Gasteiger partial charge >= 0.3 is 0 Å². The van der Waals surface area contributed by atoms with Gasteiger partial charge in [0.25, 0.3) is 5.90 Å². The van der Waals surface area contributed by atoms with Gasteiger partial charge in [-0.15, -0.1) is 5.10 Å². The lowest BCUT2D eigenvalue weighted by atomic mass is 10.0. The van der Waals surface area contributed by atoms with Gasteiger partial charge in [0, 0.05) is 12.5 Å². The summed E-state index contributed by atoms with van der Waals surface area (Å²) >= 11 is 0. The molecule has 4 rings (SSSR count). The molecule has 26 heavy (non-hydrogen) atoms. The molecule has 130 valence electrons. The third-order valence-corrected chi connectivity index (χ3v) is 4.22. The Labute approximate surface area is 151 Å². The highest BCUT2D eigenvalue weighted by Gasteiger charge is 2.34. The lowest BCUT2D eigenvalue weighted by Gasteiger charge is -2.19. The topological polar surface area (TPSA) is 55.0 Å². The van der Waals surface area contributed by atoms with Crippen LogP contribution in [0, 0.1) is 6.92 Å². The smallest absolute Gasteiger partial charge is 0.277 e. The lowest BCUT2D eigenvalue weighted by molar-refractivity contribution is -0.135. The number of furan rings is 1. The van der Waals surface area contributed by atoms with Gasteiger partial charge < -0.3 is 9.15 Å². The van der Waals surface area contributed by atoms with E-state index in [4.69, 9.17) is 9.15 Å². The number of aryl methyl sites for hydroxylation is 1. The molecule has 0 N–H and O–H groups in total. The van der Waals surface area contributed by atoms with Crippen LogP contribution >= 0.6 is 0 Å². The molecule has 5 nitrogen and oxygen atoms in total. The van der Waals surface area contributed by atoms with Crippen LogP contribution in [0.3, 0.4) is 0 Å². The van der Waals surface area contributed by atoms with Crippen LogP contribution in [-0.2, 0) is 9.53 Å². The summed E-state index contributed by atoms with van der Waals surface area (Å²) in [6, 6.07) is 21.7. The normalized spacial score (nSPS) is 16.3. The molecule has 0 unspecified atom stereocenters. The molecule has 0 bridgehead atoms. The Hall–Kier alpha value is -3.34. The Morgan fingerprint density at radius 1 is 0.962 bits per heavy atom. The van der Waals surface area contributed by atoms with Crippen molar-refractivity contribution in [3.63, 3.8) is 0 Å². The van der Waals surface area contributed by atoms with E-state index >= 15 is 0 Å². The number of hydrogen-bond acceptors (Lipinski definition) is 4. The molecule has 0 saturated heterocycles. The van der Waals surface area contributed by atoms with E-state index in [1.165, 1.54) is 11.9 Å². The van der Waals surface area contributed by atoms with Crippen molar-refractivity contribution >= 4 is 11.8 Å². The van der Waals surface area contributed by atoms with Gasteiger partial charge in [0.1, 0.15) is 5.76 Å². The van der Waals surface area contributed by atoms with E-state index in [-0.39, 0.29) is 5.91 Å². The fourth-order valence-corrected chi connectivity index (χ4v) is 2.90. The minimum Gasteiger partial charge on any atom is -0.456 e. The standard InChI is InChI=1S/C21H18N2O3/c1-14-8-13-19(25-14)20-22-23(15(2)24)21(26-20)18-11-9-17(10-12-18)16-6-4-3-5-7-16/h3-13,21H,1-2H3/t21-/m1/s1. The molecule has 1 aliphatic rings. The van der Waals surface area contributed by atoms with Gasteiger partial charge in [-0.05, 0) is 30.2 Å². The van der Waals surface area contributed by atoms with Crippen molar-refractivity contribution in [2.75, 3.05) is 0 Å². The molecule has 1 aromatic heterocycles. The molecule has 2 aromatic carbocycles. The van der Waals surface area contributed by atoms with Crippen LogP contribution in [0.25, 0.3) is 11.1 Å². The average Bonchev–Trinajstić information content (AvgIpc) is 3.29. The summed E-state index contributed by atoms with van der Waals surface area (Å²) in [5.74, 6) is 1.39. The van der Waals surface area contributed by atoms with E-state index < -0.39 is 6.23 Å². The number of carbonyl (C=O) groups is 1. The molecule has 1 amide bonds. The first-order valence-electron chi connectivity index (χ1n) is 8.39. The highest BCUT2D eigenvalue weighted by molar-refractivity contribution is 5.94. The van der Waals surface area contributed by atoms with Gasteiger partial charge in [-0.2, -0.15) is 5.01 Å². The van der Waals surface area contributed by atoms with Crippen molar-refractivity contribution in [2.45, 2.75) is 20.1 Å². The molecule has 5 heteroatoms. The van der Waals surface area contributed by atoms with Gasteiger partial charge in [-0.3, -0.25) is 4.79 Å². The van der Waals surface area contributed by atoms with E-state index in [2.05, 4.69) is 17.2 Å². The second-order valence-electron chi connectivity index (χ2n) is 6.14. The quantitative estimate of drug-likeness (QED) is 0.702. The zero-order valence-corrected chi connectivity index (χ0v) is 14.5. The van der Waals surface area contributed by atoms with Crippen LogP contribution in [0.4, 0.5) is 0 Å². The van der Waals surface area contributed by atoms with Gasteiger partial charge in [0.2, 0.25) is 12.1 Å². The summed E-state index contributed by atoms with van der Waals surface area (Å²) in [5, 5.41) is 5.63. The van der Waals surface area contributed by atoms with Gasteiger partial charge in [0.05, 0.1) is 0 Å². The van der Waals surface area contributed by atoms with Crippen LogP contribution in [0.1, 0.15) is 30.2 Å². The van der Waals surface area contributed by atoms with Crippen molar-refractivity contribution in [1.29, 1.82) is 0 Å². The molecule has 0 fully saturated rings. The van der Waals surface area contributed by atoms with E-state index in [1.54, 1.807) is 6.07 Å². The van der Waals surface area contributed by atoms with Crippen molar-refractivity contribution in [2.24, 2.45) is 5.10 Å². The lowest BCUT2D eigenvalue weighted by Crippen LogP contribution is -2.25. The predicted octanol–water partition coefficient (Wildman–Crippen LogP) is 4.49. The van der Waals surface area contributed by atoms with E-state index in [1.807, 2.05) is 55.5 Å². The molecule has 0 aliphatic carbocycles. The number of carbonyl (C=O) groups excluding carboxylic acids is 1. The fourth-order valence-electron chi connectivity index (χ4n) is 2.90. The summed E-state index contributed by atoms with van der Waals surface area (Å²) in [6.07, 6.45) is -0.599. The first kappa shape index (κ1) is 16.1. The van der Waals surface area contributed by atoms with E-state index in [9.17, 15) is 4.79 Å². The number of amides is 1. The number of rotatable bonds is 3. The van der Waals surface area contributed by atoms with Gasteiger partial charge in [-0.1, -0.05) is 54.6 Å². The van der Waals surface area contributed by atoms with Gasteiger partial charge in [-0.25, -0.2) is 0 Å². The molecule has 1 aliphatic heterocycles. The summed E-state index contributed by atoms with van der Waals surface area (Å²) in [4.78, 5) is 12.0. The largest absolute Gasteiger partial charge is 0.456 e. The average molecular weight is 346 g/mol. The summed E-state index contributed by atoms with van der Waals surface area (Å²) in [6.45, 7) is 3.32. The number of hydrogen-bond donors (Lipinski definition) is 0. The van der Waals surface area contributed by atoms with Crippen LogP contribution in [0.2, 0.25) is 0 Å². The van der Waals surface area contributed by atoms with Crippen molar-refractivity contribution in [3.8, 4) is 11.1 Å². The third-order valence-electron chi connectivity index (χ3n) is 4.22. The monoisotopic (exact) mass is 346 g/mol. The van der Waals surface area contributed by atoms with Gasteiger partial charge in [0.15, 0.2) is 5.76 Å². The predicted molar refractivity (Wildman–Crippen MR) is 98.2 cm³/mol. The highest BCUT2D eigenvalue weighted by Crippen LogP contribution is 2.32. The minimum absolute atomic E-state index is 0.194. The summed E-state index contributed by atoms with van der Waals surface area (Å²) in [5.41, 5.74) is 3.09. The maximum absolute atomic E-state index is 12.0. The molecular formula is C21H18N2O3. The molecule has 0 radical (unpaired) electrons. The molecular weight excluding hydrogens is 328 g/mol. The third kappa shape index (κ3) is 2.99. The zero-order chi connectivity index (χ0) is 18.1. The fraction of sp³-hybridized carbons (Fsp3) is 0.143. The first-order valence-corrected chi connectivity index (χ1v) is 8.39. The second kappa shape index (κ2) is 6.52. The van der Waals surface area contributed by atoms with E-state index in [0.29, 0.717) is 11.7 Å². The Kier molecular flexibility index (Phi) is 4.05. The summed E-state index contributed by atoms with van der Waals surface area (Å²) < 4.78 is 11.5. The number of ether oxygens (including phenoxy) is 1. The Morgan fingerprint density at radius 2 is 1.65 bits per heavy atom. The molecule has 1 atom stereocenters. The molecule has 3 aromatic rings. The van der Waals surface area contributed by atoms with Crippen LogP contribution in [-0.4, -0.2) is 16.8 Å². The maximum atomic E-state index is 12.0. The molecule has 0 saturated carbocycles. The Morgan fingerprint density at radius 3 is 2.27 bits per heavy atom. The Bertz CT molecular complexity index is 958. The second-order valence-corrected chi connectivity index (χ2v) is 6.14. The number of nitrogens with zero attached hydrogens (tertiary/aromatic N) is 2. The number of hydrazone groups is 1. The van der Waals surface area contributed by atoms with E-state index in [0.717, 1.165) is 22.5 Å². The van der Waals surface area contributed by atoms with Crippen molar-refractivity contribution in [1.82, 2.24) is 5.01 Å². The highest BCUT2D eigenvalue weighted by atomic mass is 16.5. The summed E-state index contributed by atoms with van der Waals surface area (Å²) in [7, 11) is 0. The Balaban J connectivity index is 1.61.